The third-order valence-electron chi connectivity index (χ3n) is 3.60. The van der Waals surface area contributed by atoms with E-state index in [1.54, 1.807) is 11.9 Å². The van der Waals surface area contributed by atoms with Crippen LogP contribution >= 0.6 is 11.6 Å². The molecule has 1 aromatic carbocycles. The molecule has 0 saturated carbocycles. The fraction of sp³-hybridized carbons (Fsp3) is 0.462. The van der Waals surface area contributed by atoms with E-state index in [1.807, 2.05) is 6.92 Å². The highest BCUT2D eigenvalue weighted by atomic mass is 35.5. The lowest BCUT2D eigenvalue weighted by atomic mass is 10.1. The van der Waals surface area contributed by atoms with E-state index in [0.29, 0.717) is 6.61 Å². The Bertz CT molecular complexity index is 662. The number of carbonyl (C=O) groups is 1. The number of hydrogen-bond donors (Lipinski definition) is 1. The zero-order valence-corrected chi connectivity index (χ0v) is 13.3. The maximum atomic E-state index is 12.5. The first-order valence-electron chi connectivity index (χ1n) is 6.42. The van der Waals surface area contributed by atoms with Crippen LogP contribution in [-0.2, 0) is 14.8 Å². The number of halogens is 1. The molecule has 0 aromatic heterocycles. The molecule has 116 valence electrons. The zero-order valence-electron chi connectivity index (χ0n) is 11.7. The van der Waals surface area contributed by atoms with E-state index in [4.69, 9.17) is 21.5 Å². The molecular weight excluding hydrogens is 316 g/mol. The normalized spacial score (nSPS) is 22.3. The molecule has 6 nitrogen and oxygen atoms in total. The van der Waals surface area contributed by atoms with Gasteiger partial charge in [-0.1, -0.05) is 11.6 Å². The molecule has 0 bridgehead atoms. The molecule has 1 heterocycles. The van der Waals surface area contributed by atoms with Crippen LogP contribution in [0.3, 0.4) is 0 Å². The number of amides is 1. The third-order valence-corrected chi connectivity index (χ3v) is 4.71. The largest absolute Gasteiger partial charge is 0.376 e. The number of likely N-dealkylation sites (N-methyl/N-ethyl adjacent to an activating group) is 1. The number of benzene rings is 1. The number of primary sulfonamides is 1. The topological polar surface area (TPSA) is 89.7 Å². The summed E-state index contributed by atoms with van der Waals surface area (Å²) in [5.41, 5.74) is 0.188. The number of ether oxygens (including phenoxy) is 1. The Morgan fingerprint density at radius 1 is 1.43 bits per heavy atom. The van der Waals surface area contributed by atoms with Gasteiger partial charge in [0, 0.05) is 24.2 Å². The van der Waals surface area contributed by atoms with E-state index in [9.17, 15) is 13.2 Å². The average molecular weight is 333 g/mol. The van der Waals surface area contributed by atoms with Gasteiger partial charge >= 0.3 is 0 Å². The van der Waals surface area contributed by atoms with Crippen LogP contribution in [0.2, 0.25) is 5.02 Å². The summed E-state index contributed by atoms with van der Waals surface area (Å²) < 4.78 is 28.3. The summed E-state index contributed by atoms with van der Waals surface area (Å²) in [5.74, 6) is -0.315. The number of hydrogen-bond acceptors (Lipinski definition) is 4. The van der Waals surface area contributed by atoms with Crippen molar-refractivity contribution in [2.24, 2.45) is 5.14 Å². The van der Waals surface area contributed by atoms with Crippen molar-refractivity contribution in [1.29, 1.82) is 0 Å². The third kappa shape index (κ3) is 3.55. The van der Waals surface area contributed by atoms with Crippen molar-refractivity contribution in [2.45, 2.75) is 30.4 Å². The van der Waals surface area contributed by atoms with Gasteiger partial charge in [-0.05, 0) is 31.5 Å². The minimum Gasteiger partial charge on any atom is -0.376 e. The first-order valence-corrected chi connectivity index (χ1v) is 8.34. The Kier molecular flexibility index (Phi) is 4.57. The van der Waals surface area contributed by atoms with Crippen molar-refractivity contribution in [2.75, 3.05) is 13.7 Å². The highest BCUT2D eigenvalue weighted by molar-refractivity contribution is 7.89. The molecule has 2 rings (SSSR count). The quantitative estimate of drug-likeness (QED) is 0.901. The van der Waals surface area contributed by atoms with E-state index in [0.717, 1.165) is 6.42 Å². The highest BCUT2D eigenvalue weighted by Crippen LogP contribution is 2.23. The van der Waals surface area contributed by atoms with Gasteiger partial charge in [0.1, 0.15) is 0 Å². The van der Waals surface area contributed by atoms with Crippen molar-refractivity contribution < 1.29 is 17.9 Å². The van der Waals surface area contributed by atoms with Gasteiger partial charge in [0.15, 0.2) is 0 Å². The van der Waals surface area contributed by atoms with E-state index in [2.05, 4.69) is 0 Å². The standard InChI is InChI=1S/C13H17ClN2O4S/c1-8-12(3-4-20-8)16(2)13(17)9-5-10(14)7-11(6-9)21(15,18)19/h5-8,12H,3-4H2,1-2H3,(H2,15,18,19). The predicted molar refractivity (Wildman–Crippen MR) is 78.7 cm³/mol. The summed E-state index contributed by atoms with van der Waals surface area (Å²) in [4.78, 5) is 13.9. The van der Waals surface area contributed by atoms with E-state index in [-0.39, 0.29) is 33.5 Å². The van der Waals surface area contributed by atoms with Gasteiger partial charge in [0.05, 0.1) is 17.0 Å². The highest BCUT2D eigenvalue weighted by Gasteiger charge is 2.31. The van der Waals surface area contributed by atoms with Crippen LogP contribution in [0.4, 0.5) is 0 Å². The number of carbonyl (C=O) groups excluding carboxylic acids is 1. The second-order valence-electron chi connectivity index (χ2n) is 5.07. The maximum Gasteiger partial charge on any atom is 0.254 e. The van der Waals surface area contributed by atoms with E-state index in [1.165, 1.54) is 18.2 Å². The first-order chi connectivity index (χ1) is 9.70. The molecule has 1 aliphatic heterocycles. The lowest BCUT2D eigenvalue weighted by molar-refractivity contribution is 0.0574. The Labute approximate surface area is 128 Å². The Hall–Kier alpha value is -1.15. The van der Waals surface area contributed by atoms with Gasteiger partial charge in [-0.3, -0.25) is 4.79 Å². The van der Waals surface area contributed by atoms with Gasteiger partial charge < -0.3 is 9.64 Å². The lowest BCUT2D eigenvalue weighted by Crippen LogP contribution is -2.41. The number of nitrogens with zero attached hydrogens (tertiary/aromatic N) is 1. The minimum atomic E-state index is -3.92. The van der Waals surface area contributed by atoms with Crippen LogP contribution in [0.5, 0.6) is 0 Å². The van der Waals surface area contributed by atoms with Gasteiger partial charge in [0.25, 0.3) is 5.91 Å². The SMILES string of the molecule is CC1OCCC1N(C)C(=O)c1cc(Cl)cc(S(N)(=O)=O)c1. The molecule has 1 fully saturated rings. The van der Waals surface area contributed by atoms with E-state index >= 15 is 0 Å². The van der Waals surface area contributed by atoms with Crippen LogP contribution in [0, 0.1) is 0 Å². The van der Waals surface area contributed by atoms with Gasteiger partial charge in [-0.25, -0.2) is 13.6 Å². The molecular formula is C13H17ClN2O4S. The number of nitrogens with two attached hydrogens (primary N) is 1. The lowest BCUT2D eigenvalue weighted by Gasteiger charge is -2.27. The Morgan fingerprint density at radius 2 is 2.10 bits per heavy atom. The van der Waals surface area contributed by atoms with Gasteiger partial charge in [-0.15, -0.1) is 0 Å². The monoisotopic (exact) mass is 332 g/mol. The molecule has 1 aliphatic rings. The Morgan fingerprint density at radius 3 is 2.62 bits per heavy atom. The zero-order chi connectivity index (χ0) is 15.8. The minimum absolute atomic E-state index is 0.0468. The van der Waals surface area contributed by atoms with Crippen molar-refractivity contribution >= 4 is 27.5 Å². The van der Waals surface area contributed by atoms with Crippen LogP contribution in [-0.4, -0.2) is 45.0 Å². The molecule has 0 radical (unpaired) electrons. The van der Waals surface area contributed by atoms with Gasteiger partial charge in [0.2, 0.25) is 10.0 Å². The predicted octanol–water partition coefficient (Wildman–Crippen LogP) is 1.24. The van der Waals surface area contributed by atoms with Gasteiger partial charge in [-0.2, -0.15) is 0 Å². The second-order valence-corrected chi connectivity index (χ2v) is 7.07. The van der Waals surface area contributed by atoms with E-state index < -0.39 is 10.0 Å². The summed E-state index contributed by atoms with van der Waals surface area (Å²) in [6, 6.07) is 3.83. The molecule has 1 amide bonds. The molecule has 2 N–H and O–H groups in total. The molecule has 1 aromatic rings. The molecule has 2 atom stereocenters. The number of rotatable bonds is 3. The van der Waals surface area contributed by atoms with Crippen LogP contribution < -0.4 is 5.14 Å². The molecule has 0 aliphatic carbocycles. The van der Waals surface area contributed by atoms with Crippen LogP contribution in [0.1, 0.15) is 23.7 Å². The summed E-state index contributed by atoms with van der Waals surface area (Å²) in [5, 5.41) is 5.23. The second kappa shape index (κ2) is 5.92. The first kappa shape index (κ1) is 16.2. The molecule has 8 heteroatoms. The molecule has 2 unspecified atom stereocenters. The molecule has 21 heavy (non-hydrogen) atoms. The maximum absolute atomic E-state index is 12.5. The molecule has 0 spiro atoms. The average Bonchev–Trinajstić information content (AvgIpc) is 2.81. The summed E-state index contributed by atoms with van der Waals surface area (Å²) >= 11 is 5.88. The van der Waals surface area contributed by atoms with Crippen molar-refractivity contribution in [3.8, 4) is 0 Å². The van der Waals surface area contributed by atoms with Crippen molar-refractivity contribution in [3.63, 3.8) is 0 Å². The summed E-state index contributed by atoms with van der Waals surface area (Å²) in [6.45, 7) is 2.50. The molecule has 1 saturated heterocycles. The number of sulfonamides is 1. The summed E-state index contributed by atoms with van der Waals surface area (Å²) in [7, 11) is -2.25. The van der Waals surface area contributed by atoms with Crippen LogP contribution in [0.25, 0.3) is 0 Å². The fourth-order valence-corrected chi connectivity index (χ4v) is 3.32. The van der Waals surface area contributed by atoms with Crippen LogP contribution in [0.15, 0.2) is 23.1 Å². The Balaban J connectivity index is 2.33. The fourth-order valence-electron chi connectivity index (χ4n) is 2.43. The summed E-state index contributed by atoms with van der Waals surface area (Å²) in [6.07, 6.45) is 0.683. The van der Waals surface area contributed by atoms with Crippen molar-refractivity contribution in [3.05, 3.63) is 28.8 Å². The smallest absolute Gasteiger partial charge is 0.254 e. The van der Waals surface area contributed by atoms with Crippen molar-refractivity contribution in [1.82, 2.24) is 4.90 Å².